The van der Waals surface area contributed by atoms with Gasteiger partial charge in [-0.3, -0.25) is 14.9 Å². The first-order chi connectivity index (χ1) is 8.41. The molecule has 102 valence electrons. The zero-order valence-corrected chi connectivity index (χ0v) is 11.2. The number of nitrogens with one attached hydrogen (secondary N) is 1. The molecule has 0 unspecified atom stereocenters. The lowest BCUT2D eigenvalue weighted by Gasteiger charge is -2.38. The van der Waals surface area contributed by atoms with Gasteiger partial charge in [0.15, 0.2) is 0 Å². The molecule has 5 heteroatoms. The van der Waals surface area contributed by atoms with E-state index in [1.165, 1.54) is 0 Å². The van der Waals surface area contributed by atoms with Crippen molar-refractivity contribution in [1.82, 2.24) is 10.2 Å². The predicted octanol–water partition coefficient (Wildman–Crippen LogP) is 1.01. The number of aliphatic carboxylic acids is 1. The SMILES string of the molecule is C=C(C)CN(CC)C(=O)CNC1(C(=O)O)CCC1. The van der Waals surface area contributed by atoms with E-state index in [-0.39, 0.29) is 12.5 Å². The van der Waals surface area contributed by atoms with Gasteiger partial charge < -0.3 is 10.0 Å². The maximum atomic E-state index is 11.9. The quantitative estimate of drug-likeness (QED) is 0.665. The topological polar surface area (TPSA) is 69.6 Å². The molecule has 1 rings (SSSR count). The first kappa shape index (κ1) is 14.7. The molecule has 0 aliphatic heterocycles. The highest BCUT2D eigenvalue weighted by molar-refractivity contribution is 5.83. The van der Waals surface area contributed by atoms with Crippen LogP contribution in [-0.4, -0.2) is 47.1 Å². The molecular weight excluding hydrogens is 232 g/mol. The van der Waals surface area contributed by atoms with Crippen LogP contribution in [0.15, 0.2) is 12.2 Å². The Kier molecular flexibility index (Phi) is 4.90. The first-order valence-electron chi connectivity index (χ1n) is 6.32. The number of rotatable bonds is 7. The number of carboxylic acids is 1. The molecule has 0 heterocycles. The third kappa shape index (κ3) is 3.32. The summed E-state index contributed by atoms with van der Waals surface area (Å²) in [5, 5.41) is 12.0. The molecule has 1 aliphatic carbocycles. The Labute approximate surface area is 108 Å². The Hall–Kier alpha value is -1.36. The third-order valence-corrected chi connectivity index (χ3v) is 3.39. The van der Waals surface area contributed by atoms with Crippen molar-refractivity contribution in [1.29, 1.82) is 0 Å². The van der Waals surface area contributed by atoms with Gasteiger partial charge in [-0.15, -0.1) is 0 Å². The fourth-order valence-corrected chi connectivity index (χ4v) is 2.06. The Morgan fingerprint density at radius 2 is 2.06 bits per heavy atom. The van der Waals surface area contributed by atoms with Crippen molar-refractivity contribution in [2.45, 2.75) is 38.6 Å². The average molecular weight is 254 g/mol. The van der Waals surface area contributed by atoms with Gasteiger partial charge in [-0.1, -0.05) is 12.2 Å². The number of carbonyl (C=O) groups is 2. The molecule has 0 radical (unpaired) electrons. The van der Waals surface area contributed by atoms with Crippen LogP contribution in [0.1, 0.15) is 33.1 Å². The van der Waals surface area contributed by atoms with Gasteiger partial charge in [0.05, 0.1) is 6.54 Å². The number of hydrogen-bond acceptors (Lipinski definition) is 3. The normalized spacial score (nSPS) is 16.8. The summed E-state index contributed by atoms with van der Waals surface area (Å²) >= 11 is 0. The zero-order chi connectivity index (χ0) is 13.8. The molecular formula is C13H22N2O3. The van der Waals surface area contributed by atoms with Crippen molar-refractivity contribution in [3.63, 3.8) is 0 Å². The van der Waals surface area contributed by atoms with E-state index in [1.807, 2.05) is 13.8 Å². The molecule has 18 heavy (non-hydrogen) atoms. The van der Waals surface area contributed by atoms with Crippen LogP contribution in [0.4, 0.5) is 0 Å². The second-order valence-electron chi connectivity index (χ2n) is 4.96. The van der Waals surface area contributed by atoms with Gasteiger partial charge in [0, 0.05) is 13.1 Å². The van der Waals surface area contributed by atoms with Crippen molar-refractivity contribution in [3.8, 4) is 0 Å². The Morgan fingerprint density at radius 3 is 2.39 bits per heavy atom. The van der Waals surface area contributed by atoms with E-state index in [2.05, 4.69) is 11.9 Å². The highest BCUT2D eigenvalue weighted by atomic mass is 16.4. The van der Waals surface area contributed by atoms with Crippen molar-refractivity contribution >= 4 is 11.9 Å². The summed E-state index contributed by atoms with van der Waals surface area (Å²) in [6.07, 6.45) is 2.10. The van der Waals surface area contributed by atoms with Gasteiger partial charge in [0.25, 0.3) is 0 Å². The largest absolute Gasteiger partial charge is 0.480 e. The van der Waals surface area contributed by atoms with Crippen molar-refractivity contribution in [2.75, 3.05) is 19.6 Å². The Bertz CT molecular complexity index is 348. The standard InChI is InChI=1S/C13H22N2O3/c1-4-15(9-10(2)3)11(16)8-14-13(12(17)18)6-5-7-13/h14H,2,4-9H2,1,3H3,(H,17,18). The summed E-state index contributed by atoms with van der Waals surface area (Å²) in [5.41, 5.74) is 0.0416. The average Bonchev–Trinajstić information content (AvgIpc) is 2.23. The fraction of sp³-hybridized carbons (Fsp3) is 0.692. The van der Waals surface area contributed by atoms with E-state index in [0.29, 0.717) is 25.9 Å². The molecule has 0 aromatic heterocycles. The minimum absolute atomic E-state index is 0.0759. The summed E-state index contributed by atoms with van der Waals surface area (Å²) in [7, 11) is 0. The number of carboxylic acid groups (broad SMARTS) is 1. The predicted molar refractivity (Wildman–Crippen MR) is 69.3 cm³/mol. The van der Waals surface area contributed by atoms with Crippen LogP contribution in [0.5, 0.6) is 0 Å². The summed E-state index contributed by atoms with van der Waals surface area (Å²) in [6, 6.07) is 0. The highest BCUT2D eigenvalue weighted by Crippen LogP contribution is 2.31. The monoisotopic (exact) mass is 254 g/mol. The van der Waals surface area contributed by atoms with E-state index < -0.39 is 11.5 Å². The minimum atomic E-state index is -0.877. The number of carbonyl (C=O) groups excluding carboxylic acids is 1. The number of hydrogen-bond donors (Lipinski definition) is 2. The molecule has 1 saturated carbocycles. The number of likely N-dealkylation sites (N-methyl/N-ethyl adjacent to an activating group) is 1. The zero-order valence-electron chi connectivity index (χ0n) is 11.2. The second-order valence-corrected chi connectivity index (χ2v) is 4.96. The smallest absolute Gasteiger partial charge is 0.323 e. The summed E-state index contributed by atoms with van der Waals surface area (Å²) in [6.45, 7) is 8.76. The van der Waals surface area contributed by atoms with E-state index >= 15 is 0 Å². The molecule has 1 aliphatic rings. The van der Waals surface area contributed by atoms with Crippen LogP contribution >= 0.6 is 0 Å². The van der Waals surface area contributed by atoms with Gasteiger partial charge >= 0.3 is 5.97 Å². The minimum Gasteiger partial charge on any atom is -0.480 e. The van der Waals surface area contributed by atoms with Crippen LogP contribution in [-0.2, 0) is 9.59 Å². The summed E-state index contributed by atoms with van der Waals surface area (Å²) in [5.74, 6) is -0.933. The fourth-order valence-electron chi connectivity index (χ4n) is 2.06. The van der Waals surface area contributed by atoms with Crippen LogP contribution < -0.4 is 5.32 Å². The third-order valence-electron chi connectivity index (χ3n) is 3.39. The number of nitrogens with zero attached hydrogens (tertiary/aromatic N) is 1. The Balaban J connectivity index is 2.49. The van der Waals surface area contributed by atoms with E-state index in [9.17, 15) is 9.59 Å². The van der Waals surface area contributed by atoms with Crippen LogP contribution in [0, 0.1) is 0 Å². The highest BCUT2D eigenvalue weighted by Gasteiger charge is 2.44. The lowest BCUT2D eigenvalue weighted by molar-refractivity contribution is -0.149. The van der Waals surface area contributed by atoms with Gasteiger partial charge in [-0.25, -0.2) is 0 Å². The molecule has 1 amide bonds. The van der Waals surface area contributed by atoms with Gasteiger partial charge in [0.1, 0.15) is 5.54 Å². The van der Waals surface area contributed by atoms with Gasteiger partial charge in [0.2, 0.25) is 5.91 Å². The van der Waals surface area contributed by atoms with E-state index in [4.69, 9.17) is 5.11 Å². The molecule has 0 aromatic carbocycles. The lowest BCUT2D eigenvalue weighted by atomic mass is 9.77. The van der Waals surface area contributed by atoms with Crippen LogP contribution in [0.2, 0.25) is 0 Å². The van der Waals surface area contributed by atoms with E-state index in [1.54, 1.807) is 4.90 Å². The second kappa shape index (κ2) is 6.00. The first-order valence-corrected chi connectivity index (χ1v) is 6.32. The van der Waals surface area contributed by atoms with Gasteiger partial charge in [-0.2, -0.15) is 0 Å². The van der Waals surface area contributed by atoms with Gasteiger partial charge in [-0.05, 0) is 33.1 Å². The maximum Gasteiger partial charge on any atom is 0.323 e. The molecule has 0 bridgehead atoms. The van der Waals surface area contributed by atoms with E-state index in [0.717, 1.165) is 12.0 Å². The molecule has 0 aromatic rings. The molecule has 0 atom stereocenters. The molecule has 0 saturated heterocycles. The van der Waals surface area contributed by atoms with Crippen molar-refractivity contribution in [2.24, 2.45) is 0 Å². The number of amides is 1. The molecule has 0 spiro atoms. The Morgan fingerprint density at radius 1 is 1.44 bits per heavy atom. The van der Waals surface area contributed by atoms with Crippen molar-refractivity contribution in [3.05, 3.63) is 12.2 Å². The van der Waals surface area contributed by atoms with Crippen LogP contribution in [0.3, 0.4) is 0 Å². The molecule has 2 N–H and O–H groups in total. The molecule has 1 fully saturated rings. The van der Waals surface area contributed by atoms with Crippen molar-refractivity contribution < 1.29 is 14.7 Å². The summed E-state index contributed by atoms with van der Waals surface area (Å²) in [4.78, 5) is 24.8. The molecule has 5 nitrogen and oxygen atoms in total. The summed E-state index contributed by atoms with van der Waals surface area (Å²) < 4.78 is 0. The van der Waals surface area contributed by atoms with Crippen LogP contribution in [0.25, 0.3) is 0 Å². The maximum absolute atomic E-state index is 11.9. The lowest BCUT2D eigenvalue weighted by Crippen LogP contribution is -2.59.